The summed E-state index contributed by atoms with van der Waals surface area (Å²) in [4.78, 5) is 0. The van der Waals surface area contributed by atoms with Crippen LogP contribution < -0.4 is 5.32 Å². The molecular weight excluding hydrogens is 176 g/mol. The van der Waals surface area contributed by atoms with Crippen LogP contribution in [0.25, 0.3) is 0 Å². The molecule has 1 rings (SSSR count). The Balaban J connectivity index is 2.51. The van der Waals surface area contributed by atoms with Gasteiger partial charge in [0.1, 0.15) is 0 Å². The van der Waals surface area contributed by atoms with Gasteiger partial charge in [0.05, 0.1) is 18.7 Å². The van der Waals surface area contributed by atoms with Crippen LogP contribution in [0.5, 0.6) is 0 Å². The van der Waals surface area contributed by atoms with E-state index in [4.69, 9.17) is 10.4 Å². The van der Waals surface area contributed by atoms with Gasteiger partial charge >= 0.3 is 0 Å². The smallest absolute Gasteiger partial charge is 0.0635 e. The molecule has 14 heavy (non-hydrogen) atoms. The second-order valence-corrected chi connectivity index (χ2v) is 3.01. The molecule has 0 radical (unpaired) electrons. The van der Waals surface area contributed by atoms with Gasteiger partial charge in [-0.05, 0) is 5.56 Å². The molecule has 3 heteroatoms. The van der Waals surface area contributed by atoms with E-state index in [0.717, 1.165) is 5.56 Å². The van der Waals surface area contributed by atoms with Crippen LogP contribution in [0.15, 0.2) is 30.3 Å². The topological polar surface area (TPSA) is 56.0 Å². The first-order valence-electron chi connectivity index (χ1n) is 4.64. The number of hydrogen-bond donors (Lipinski definition) is 2. The Morgan fingerprint density at radius 2 is 2.07 bits per heavy atom. The molecule has 3 nitrogen and oxygen atoms in total. The van der Waals surface area contributed by atoms with Gasteiger partial charge in [-0.15, -0.1) is 0 Å². The van der Waals surface area contributed by atoms with E-state index in [0.29, 0.717) is 13.0 Å². The van der Waals surface area contributed by atoms with E-state index in [1.807, 2.05) is 30.3 Å². The third kappa shape index (κ3) is 3.17. The average molecular weight is 190 g/mol. The number of hydrogen-bond acceptors (Lipinski definition) is 3. The summed E-state index contributed by atoms with van der Waals surface area (Å²) in [7, 11) is 0. The van der Waals surface area contributed by atoms with Crippen molar-refractivity contribution in [3.8, 4) is 6.07 Å². The summed E-state index contributed by atoms with van der Waals surface area (Å²) < 4.78 is 0. The monoisotopic (exact) mass is 190 g/mol. The van der Waals surface area contributed by atoms with Crippen molar-refractivity contribution in [2.24, 2.45) is 0 Å². The minimum absolute atomic E-state index is 0.0510. The van der Waals surface area contributed by atoms with Crippen LogP contribution in [0, 0.1) is 11.3 Å². The molecule has 0 aliphatic heterocycles. The molecule has 0 bridgehead atoms. The molecule has 0 spiro atoms. The Bertz CT molecular complexity index is 292. The fraction of sp³-hybridized carbons (Fsp3) is 0.364. The van der Waals surface area contributed by atoms with Crippen molar-refractivity contribution in [1.82, 2.24) is 5.32 Å². The van der Waals surface area contributed by atoms with Gasteiger partial charge in [0, 0.05) is 13.0 Å². The zero-order valence-electron chi connectivity index (χ0n) is 7.98. The minimum Gasteiger partial charge on any atom is -0.394 e. The number of aliphatic hydroxyl groups excluding tert-OH is 1. The van der Waals surface area contributed by atoms with Gasteiger partial charge in [0.25, 0.3) is 0 Å². The maximum atomic E-state index is 9.13. The van der Waals surface area contributed by atoms with Crippen molar-refractivity contribution in [3.05, 3.63) is 35.9 Å². The normalized spacial score (nSPS) is 12.0. The number of nitrogens with one attached hydrogen (secondary N) is 1. The zero-order valence-corrected chi connectivity index (χ0v) is 7.98. The van der Waals surface area contributed by atoms with Crippen molar-refractivity contribution in [2.45, 2.75) is 12.5 Å². The summed E-state index contributed by atoms with van der Waals surface area (Å²) in [5.41, 5.74) is 1.05. The summed E-state index contributed by atoms with van der Waals surface area (Å²) in [6.07, 6.45) is 0.462. The van der Waals surface area contributed by atoms with Gasteiger partial charge in [0.2, 0.25) is 0 Å². The highest BCUT2D eigenvalue weighted by atomic mass is 16.3. The van der Waals surface area contributed by atoms with Gasteiger partial charge in [-0.3, -0.25) is 0 Å². The van der Waals surface area contributed by atoms with Crippen LogP contribution >= 0.6 is 0 Å². The van der Waals surface area contributed by atoms with Crippen molar-refractivity contribution >= 4 is 0 Å². The molecule has 0 heterocycles. The molecule has 0 fully saturated rings. The Hall–Kier alpha value is -1.37. The van der Waals surface area contributed by atoms with E-state index in [9.17, 15) is 0 Å². The maximum Gasteiger partial charge on any atom is 0.0635 e. The summed E-state index contributed by atoms with van der Waals surface area (Å²) in [6, 6.07) is 11.7. The first-order valence-corrected chi connectivity index (χ1v) is 4.64. The number of nitriles is 1. The molecule has 0 saturated carbocycles. The highest BCUT2D eigenvalue weighted by Gasteiger charge is 2.07. The van der Waals surface area contributed by atoms with E-state index in [-0.39, 0.29) is 12.6 Å². The lowest BCUT2D eigenvalue weighted by molar-refractivity contribution is 0.245. The van der Waals surface area contributed by atoms with Crippen LogP contribution in [0.2, 0.25) is 0 Å². The van der Waals surface area contributed by atoms with Gasteiger partial charge in [0.15, 0.2) is 0 Å². The van der Waals surface area contributed by atoms with Gasteiger partial charge in [-0.1, -0.05) is 30.3 Å². The Morgan fingerprint density at radius 3 is 2.64 bits per heavy atom. The molecular formula is C11H14N2O. The fourth-order valence-electron chi connectivity index (χ4n) is 1.28. The van der Waals surface area contributed by atoms with E-state index < -0.39 is 0 Å². The Labute approximate surface area is 84.0 Å². The first kappa shape index (κ1) is 10.7. The summed E-state index contributed by atoms with van der Waals surface area (Å²) >= 11 is 0. The summed E-state index contributed by atoms with van der Waals surface area (Å²) in [6.45, 7) is 0.659. The highest BCUT2D eigenvalue weighted by molar-refractivity contribution is 5.18. The Morgan fingerprint density at radius 1 is 1.36 bits per heavy atom. The van der Waals surface area contributed by atoms with E-state index in [1.54, 1.807) is 0 Å². The van der Waals surface area contributed by atoms with Crippen molar-refractivity contribution in [3.63, 3.8) is 0 Å². The number of nitrogens with zero attached hydrogens (tertiary/aromatic N) is 1. The first-order chi connectivity index (χ1) is 6.88. The van der Waals surface area contributed by atoms with Gasteiger partial charge < -0.3 is 10.4 Å². The molecule has 1 aromatic rings. The van der Waals surface area contributed by atoms with Crippen molar-refractivity contribution in [1.29, 1.82) is 5.26 Å². The highest BCUT2D eigenvalue weighted by Crippen LogP contribution is 2.10. The zero-order chi connectivity index (χ0) is 10.2. The van der Waals surface area contributed by atoms with E-state index in [2.05, 4.69) is 11.4 Å². The lowest BCUT2D eigenvalue weighted by atomic mass is 10.1. The predicted octanol–water partition coefficient (Wildman–Crippen LogP) is 1.22. The van der Waals surface area contributed by atoms with Crippen LogP contribution in [0.4, 0.5) is 0 Å². The second kappa shape index (κ2) is 6.14. The predicted molar refractivity (Wildman–Crippen MR) is 54.5 cm³/mol. The maximum absolute atomic E-state index is 9.13. The molecule has 0 aliphatic rings. The molecule has 0 aliphatic carbocycles. The number of benzene rings is 1. The van der Waals surface area contributed by atoms with Crippen LogP contribution in [-0.4, -0.2) is 18.3 Å². The molecule has 1 atom stereocenters. The second-order valence-electron chi connectivity index (χ2n) is 3.01. The number of aliphatic hydroxyl groups is 1. The third-order valence-electron chi connectivity index (χ3n) is 2.01. The molecule has 0 amide bonds. The van der Waals surface area contributed by atoms with Crippen LogP contribution in [0.3, 0.4) is 0 Å². The quantitative estimate of drug-likeness (QED) is 0.686. The third-order valence-corrected chi connectivity index (χ3v) is 2.01. The van der Waals surface area contributed by atoms with E-state index >= 15 is 0 Å². The lowest BCUT2D eigenvalue weighted by Gasteiger charge is -2.15. The van der Waals surface area contributed by atoms with E-state index in [1.165, 1.54) is 0 Å². The fourth-order valence-corrected chi connectivity index (χ4v) is 1.28. The number of rotatable bonds is 5. The minimum atomic E-state index is -0.0652. The van der Waals surface area contributed by atoms with Crippen LogP contribution in [-0.2, 0) is 0 Å². The molecule has 1 unspecified atom stereocenters. The van der Waals surface area contributed by atoms with Crippen LogP contribution in [0.1, 0.15) is 18.0 Å². The molecule has 0 aromatic heterocycles. The van der Waals surface area contributed by atoms with Gasteiger partial charge in [-0.25, -0.2) is 0 Å². The molecule has 1 aromatic carbocycles. The van der Waals surface area contributed by atoms with Crippen molar-refractivity contribution < 1.29 is 5.11 Å². The molecule has 2 N–H and O–H groups in total. The SMILES string of the molecule is N#CCCNC(CO)c1ccccc1. The largest absolute Gasteiger partial charge is 0.394 e. The molecule has 74 valence electrons. The average Bonchev–Trinajstić information content (AvgIpc) is 2.26. The Kier molecular flexibility index (Phi) is 4.70. The summed E-state index contributed by atoms with van der Waals surface area (Å²) in [5, 5.41) is 20.6. The molecule has 0 saturated heterocycles. The van der Waals surface area contributed by atoms with Gasteiger partial charge in [-0.2, -0.15) is 5.26 Å². The standard InChI is InChI=1S/C11H14N2O/c12-7-4-8-13-11(9-14)10-5-2-1-3-6-10/h1-3,5-6,11,13-14H,4,8-9H2. The lowest BCUT2D eigenvalue weighted by Crippen LogP contribution is -2.25. The van der Waals surface area contributed by atoms with Crippen molar-refractivity contribution in [2.75, 3.05) is 13.2 Å². The summed E-state index contributed by atoms with van der Waals surface area (Å²) in [5.74, 6) is 0.